The van der Waals surface area contributed by atoms with Crippen LogP contribution < -0.4 is 15.4 Å². The van der Waals surface area contributed by atoms with Crippen molar-refractivity contribution in [1.29, 1.82) is 0 Å². The van der Waals surface area contributed by atoms with Gasteiger partial charge in [0, 0.05) is 45.4 Å². The number of nitrogens with one attached hydrogen (secondary N) is 2. The van der Waals surface area contributed by atoms with Gasteiger partial charge in [0.15, 0.2) is 5.96 Å². The zero-order valence-electron chi connectivity index (χ0n) is 17.5. The van der Waals surface area contributed by atoms with E-state index in [2.05, 4.69) is 41.8 Å². The molecule has 1 aromatic carbocycles. The van der Waals surface area contributed by atoms with Crippen LogP contribution in [0.25, 0.3) is 0 Å². The number of benzene rings is 1. The molecule has 0 spiro atoms. The summed E-state index contributed by atoms with van der Waals surface area (Å²) in [4.78, 5) is 4.91. The summed E-state index contributed by atoms with van der Waals surface area (Å²) in [6.45, 7) is 9.51. The Hall–Kier alpha value is -1.06. The van der Waals surface area contributed by atoms with Crippen molar-refractivity contribution in [3.63, 3.8) is 0 Å². The summed E-state index contributed by atoms with van der Waals surface area (Å²) in [6, 6.07) is 8.50. The molecule has 2 rings (SSSR count). The summed E-state index contributed by atoms with van der Waals surface area (Å²) in [5.41, 5.74) is 1.32. The molecule has 1 saturated heterocycles. The zero-order valence-corrected chi connectivity index (χ0v) is 19.8. The number of hydrogen-bond acceptors (Lipinski definition) is 4. The molecular formula is C21H36IN3O3. The lowest BCUT2D eigenvalue weighted by Gasteiger charge is -2.36. The van der Waals surface area contributed by atoms with Gasteiger partial charge in [-0.2, -0.15) is 0 Å². The number of aliphatic imine (C=N–C) groups is 1. The van der Waals surface area contributed by atoms with E-state index in [0.717, 1.165) is 70.4 Å². The molecule has 0 radical (unpaired) electrons. The number of nitrogens with zero attached hydrogens (tertiary/aromatic N) is 1. The minimum atomic E-state index is 0. The first-order valence-corrected chi connectivity index (χ1v) is 10.1. The van der Waals surface area contributed by atoms with Crippen molar-refractivity contribution in [3.05, 3.63) is 29.8 Å². The van der Waals surface area contributed by atoms with E-state index in [1.54, 1.807) is 7.11 Å². The molecule has 160 valence electrons. The van der Waals surface area contributed by atoms with Gasteiger partial charge >= 0.3 is 0 Å². The van der Waals surface area contributed by atoms with E-state index in [1.165, 1.54) is 5.56 Å². The second-order valence-corrected chi connectivity index (χ2v) is 6.82. The Morgan fingerprint density at radius 3 is 2.46 bits per heavy atom. The standard InChI is InChI=1S/C21H35N3O3.HI/c1-4-22-20(23-13-6-14-25-3)24-17-21(11-15-26-16-12-21)18-7-9-19(10-8-18)27-5-2;/h7-10H,4-6,11-17H2,1-3H3,(H2,22,23,24);1H. The molecule has 0 unspecified atom stereocenters. The third-order valence-electron chi connectivity index (χ3n) is 4.93. The highest BCUT2D eigenvalue weighted by atomic mass is 127. The molecule has 1 heterocycles. The van der Waals surface area contributed by atoms with Gasteiger partial charge in [-0.3, -0.25) is 4.99 Å². The van der Waals surface area contributed by atoms with Crippen LogP contribution in [0.3, 0.4) is 0 Å². The molecule has 7 heteroatoms. The molecule has 1 aromatic rings. The SMILES string of the molecule is CCNC(=NCC1(c2ccc(OCC)cc2)CCOCC1)NCCCOC.I. The molecule has 1 aliphatic heterocycles. The first-order chi connectivity index (χ1) is 13.2. The molecule has 0 aromatic heterocycles. The van der Waals surface area contributed by atoms with E-state index in [4.69, 9.17) is 19.2 Å². The summed E-state index contributed by atoms with van der Waals surface area (Å²) in [5.74, 6) is 1.78. The largest absolute Gasteiger partial charge is 0.494 e. The Morgan fingerprint density at radius 1 is 1.14 bits per heavy atom. The first kappa shape index (κ1) is 25.0. The monoisotopic (exact) mass is 505 g/mol. The van der Waals surface area contributed by atoms with E-state index in [-0.39, 0.29) is 29.4 Å². The van der Waals surface area contributed by atoms with E-state index >= 15 is 0 Å². The average Bonchev–Trinajstić information content (AvgIpc) is 2.71. The molecule has 6 nitrogen and oxygen atoms in total. The van der Waals surface area contributed by atoms with Gasteiger partial charge < -0.3 is 24.8 Å². The molecule has 1 aliphatic rings. The van der Waals surface area contributed by atoms with Gasteiger partial charge in [0.1, 0.15) is 5.75 Å². The molecular weight excluding hydrogens is 469 g/mol. The molecule has 0 bridgehead atoms. The Labute approximate surface area is 186 Å². The van der Waals surface area contributed by atoms with Crippen molar-refractivity contribution < 1.29 is 14.2 Å². The Morgan fingerprint density at radius 2 is 1.86 bits per heavy atom. The molecule has 0 aliphatic carbocycles. The molecule has 0 saturated carbocycles. The van der Waals surface area contributed by atoms with E-state index in [1.807, 2.05) is 6.92 Å². The van der Waals surface area contributed by atoms with Crippen LogP contribution in [0.15, 0.2) is 29.3 Å². The van der Waals surface area contributed by atoms with Crippen LogP contribution in [0.2, 0.25) is 0 Å². The van der Waals surface area contributed by atoms with Crippen LogP contribution in [0, 0.1) is 0 Å². The van der Waals surface area contributed by atoms with E-state index < -0.39 is 0 Å². The highest BCUT2D eigenvalue weighted by Gasteiger charge is 2.34. The fourth-order valence-electron chi connectivity index (χ4n) is 3.37. The highest BCUT2D eigenvalue weighted by Crippen LogP contribution is 2.36. The molecule has 28 heavy (non-hydrogen) atoms. The molecule has 2 N–H and O–H groups in total. The number of hydrogen-bond donors (Lipinski definition) is 2. The van der Waals surface area contributed by atoms with E-state index in [9.17, 15) is 0 Å². The predicted octanol–water partition coefficient (Wildman–Crippen LogP) is 3.34. The van der Waals surface area contributed by atoms with Gasteiger partial charge in [-0.15, -0.1) is 24.0 Å². The second kappa shape index (κ2) is 14.0. The Balaban J connectivity index is 0.00000392. The first-order valence-electron chi connectivity index (χ1n) is 10.1. The van der Waals surface area contributed by atoms with Gasteiger partial charge in [0.25, 0.3) is 0 Å². The minimum Gasteiger partial charge on any atom is -0.494 e. The van der Waals surface area contributed by atoms with Crippen LogP contribution >= 0.6 is 24.0 Å². The topological polar surface area (TPSA) is 64.1 Å². The quantitative estimate of drug-likeness (QED) is 0.221. The number of methoxy groups -OCH3 is 1. The Kier molecular flexibility index (Phi) is 12.5. The van der Waals surface area contributed by atoms with Crippen molar-refractivity contribution in [2.45, 2.75) is 38.5 Å². The molecule has 1 fully saturated rings. The maximum atomic E-state index is 5.64. The third-order valence-corrected chi connectivity index (χ3v) is 4.93. The smallest absolute Gasteiger partial charge is 0.191 e. The van der Waals surface area contributed by atoms with Gasteiger partial charge in [-0.1, -0.05) is 12.1 Å². The minimum absolute atomic E-state index is 0. The maximum absolute atomic E-state index is 5.64. The Bertz CT molecular complexity index is 561. The number of ether oxygens (including phenoxy) is 3. The summed E-state index contributed by atoms with van der Waals surface area (Å²) in [5, 5.41) is 6.74. The van der Waals surface area contributed by atoms with Crippen LogP contribution in [-0.2, 0) is 14.9 Å². The zero-order chi connectivity index (χ0) is 19.4. The lowest BCUT2D eigenvalue weighted by atomic mass is 9.74. The van der Waals surface area contributed by atoms with Crippen molar-refractivity contribution >= 4 is 29.9 Å². The van der Waals surface area contributed by atoms with Crippen molar-refractivity contribution in [2.24, 2.45) is 4.99 Å². The fourth-order valence-corrected chi connectivity index (χ4v) is 3.37. The van der Waals surface area contributed by atoms with Gasteiger partial charge in [0.05, 0.1) is 13.2 Å². The summed E-state index contributed by atoms with van der Waals surface area (Å²) in [6.07, 6.45) is 2.92. The lowest BCUT2D eigenvalue weighted by Crippen LogP contribution is -2.41. The predicted molar refractivity (Wildman–Crippen MR) is 125 cm³/mol. The lowest BCUT2D eigenvalue weighted by molar-refractivity contribution is 0.0531. The van der Waals surface area contributed by atoms with Crippen LogP contribution in [-0.4, -0.2) is 59.1 Å². The van der Waals surface area contributed by atoms with Crippen molar-refractivity contribution in [1.82, 2.24) is 10.6 Å². The van der Waals surface area contributed by atoms with Crippen molar-refractivity contribution in [2.75, 3.05) is 53.2 Å². The maximum Gasteiger partial charge on any atom is 0.191 e. The van der Waals surface area contributed by atoms with Crippen LogP contribution in [0.4, 0.5) is 0 Å². The van der Waals surface area contributed by atoms with Gasteiger partial charge in [-0.05, 0) is 50.8 Å². The second-order valence-electron chi connectivity index (χ2n) is 6.82. The van der Waals surface area contributed by atoms with E-state index in [0.29, 0.717) is 6.61 Å². The van der Waals surface area contributed by atoms with Crippen LogP contribution in [0.5, 0.6) is 5.75 Å². The van der Waals surface area contributed by atoms with Crippen molar-refractivity contribution in [3.8, 4) is 5.75 Å². The molecule has 0 atom stereocenters. The van der Waals surface area contributed by atoms with Crippen LogP contribution in [0.1, 0.15) is 38.7 Å². The molecule has 0 amide bonds. The fraction of sp³-hybridized carbons (Fsp3) is 0.667. The highest BCUT2D eigenvalue weighted by molar-refractivity contribution is 14.0. The number of guanidine groups is 1. The normalized spacial score (nSPS) is 16.2. The summed E-state index contributed by atoms with van der Waals surface area (Å²) in [7, 11) is 1.73. The number of rotatable bonds is 10. The summed E-state index contributed by atoms with van der Waals surface area (Å²) >= 11 is 0. The average molecular weight is 505 g/mol. The van der Waals surface area contributed by atoms with Gasteiger partial charge in [0.2, 0.25) is 0 Å². The summed E-state index contributed by atoms with van der Waals surface area (Å²) < 4.78 is 16.3. The number of halogens is 1. The van der Waals surface area contributed by atoms with Gasteiger partial charge in [-0.25, -0.2) is 0 Å². The third kappa shape index (κ3) is 7.75.